The molecule has 0 bridgehead atoms. The number of rotatable bonds is 6. The van der Waals surface area contributed by atoms with E-state index < -0.39 is 12.5 Å². The van der Waals surface area contributed by atoms with Gasteiger partial charge in [0.05, 0.1) is 5.56 Å². The molecule has 1 fully saturated rings. The zero-order chi connectivity index (χ0) is 14.7. The summed E-state index contributed by atoms with van der Waals surface area (Å²) in [6.07, 6.45) is 2.02. The molecule has 0 heterocycles. The molecule has 1 amide bonds. The zero-order valence-corrected chi connectivity index (χ0v) is 11.4. The van der Waals surface area contributed by atoms with E-state index in [2.05, 4.69) is 10.1 Å². The van der Waals surface area contributed by atoms with E-state index in [9.17, 15) is 13.6 Å². The number of amides is 1. The summed E-state index contributed by atoms with van der Waals surface area (Å²) in [5.74, 6) is -0.346. The van der Waals surface area contributed by atoms with Crippen molar-refractivity contribution in [3.05, 3.63) is 28.8 Å². The van der Waals surface area contributed by atoms with Gasteiger partial charge in [0.1, 0.15) is 5.75 Å². The average Bonchev–Trinajstić information content (AvgIpc) is 3.21. The third-order valence-corrected chi connectivity index (χ3v) is 3.40. The topological polar surface area (TPSA) is 64.3 Å². The van der Waals surface area contributed by atoms with Crippen molar-refractivity contribution in [3.63, 3.8) is 0 Å². The summed E-state index contributed by atoms with van der Waals surface area (Å²) >= 11 is 5.80. The Morgan fingerprint density at radius 3 is 2.75 bits per heavy atom. The third-order valence-electron chi connectivity index (χ3n) is 3.16. The highest BCUT2D eigenvalue weighted by molar-refractivity contribution is 6.31. The number of hydrogen-bond donors (Lipinski definition) is 2. The molecule has 3 N–H and O–H groups in total. The lowest BCUT2D eigenvalue weighted by atomic mass is 10.1. The number of nitrogens with one attached hydrogen (secondary N) is 1. The van der Waals surface area contributed by atoms with Gasteiger partial charge in [-0.1, -0.05) is 11.6 Å². The highest BCUT2D eigenvalue weighted by atomic mass is 35.5. The third kappa shape index (κ3) is 3.80. The SMILES string of the molecule is NCC(NC(=O)c1cc(Cl)ccc1OC(F)F)C1CC1. The van der Waals surface area contributed by atoms with Crippen LogP contribution in [0.4, 0.5) is 8.78 Å². The van der Waals surface area contributed by atoms with Gasteiger partial charge in [-0.25, -0.2) is 0 Å². The summed E-state index contributed by atoms with van der Waals surface area (Å²) < 4.78 is 29.0. The van der Waals surface area contributed by atoms with Crippen LogP contribution in [0.1, 0.15) is 23.2 Å². The monoisotopic (exact) mass is 304 g/mol. The second kappa shape index (κ2) is 6.37. The molecule has 4 nitrogen and oxygen atoms in total. The van der Waals surface area contributed by atoms with Crippen LogP contribution in [0.25, 0.3) is 0 Å². The average molecular weight is 305 g/mol. The molecule has 1 aliphatic carbocycles. The van der Waals surface area contributed by atoms with Crippen molar-refractivity contribution in [2.24, 2.45) is 11.7 Å². The number of halogens is 3. The summed E-state index contributed by atoms with van der Waals surface area (Å²) in [6.45, 7) is -2.70. The Labute approximate surface area is 120 Å². The minimum atomic E-state index is -3.00. The van der Waals surface area contributed by atoms with E-state index in [1.165, 1.54) is 18.2 Å². The number of benzene rings is 1. The highest BCUT2D eigenvalue weighted by Gasteiger charge is 2.32. The van der Waals surface area contributed by atoms with Gasteiger partial charge in [0.15, 0.2) is 0 Å². The van der Waals surface area contributed by atoms with Crippen LogP contribution in [0.15, 0.2) is 18.2 Å². The van der Waals surface area contributed by atoms with E-state index in [1.807, 2.05) is 0 Å². The first-order valence-corrected chi connectivity index (χ1v) is 6.64. The lowest BCUT2D eigenvalue weighted by Crippen LogP contribution is -2.41. The Morgan fingerprint density at radius 2 is 2.20 bits per heavy atom. The number of hydrogen-bond acceptors (Lipinski definition) is 3. The predicted molar refractivity (Wildman–Crippen MR) is 71.1 cm³/mol. The summed E-state index contributed by atoms with van der Waals surface area (Å²) in [7, 11) is 0. The van der Waals surface area contributed by atoms with Crippen molar-refractivity contribution in [1.29, 1.82) is 0 Å². The minimum absolute atomic E-state index is 0.0168. The largest absolute Gasteiger partial charge is 0.434 e. The van der Waals surface area contributed by atoms with Crippen LogP contribution in [0, 0.1) is 5.92 Å². The first kappa shape index (κ1) is 15.0. The predicted octanol–water partition coefficient (Wildman–Crippen LogP) is 2.41. The van der Waals surface area contributed by atoms with E-state index in [1.54, 1.807) is 0 Å². The lowest BCUT2D eigenvalue weighted by Gasteiger charge is -2.17. The van der Waals surface area contributed by atoms with E-state index in [0.717, 1.165) is 12.8 Å². The normalized spacial score (nSPS) is 16.1. The summed E-state index contributed by atoms with van der Waals surface area (Å²) in [5.41, 5.74) is 5.58. The van der Waals surface area contributed by atoms with Gasteiger partial charge in [0.25, 0.3) is 5.91 Å². The maximum atomic E-state index is 12.3. The molecule has 110 valence electrons. The molecule has 2 rings (SSSR count). The Bertz CT molecular complexity index is 495. The quantitative estimate of drug-likeness (QED) is 0.848. The Hall–Kier alpha value is -1.40. The number of carbonyl (C=O) groups excluding carboxylic acids is 1. The molecule has 1 aliphatic rings. The summed E-state index contributed by atoms with van der Waals surface area (Å²) in [5, 5.41) is 3.01. The van der Waals surface area contributed by atoms with Gasteiger partial charge < -0.3 is 15.8 Å². The van der Waals surface area contributed by atoms with Crippen molar-refractivity contribution in [2.45, 2.75) is 25.5 Å². The van der Waals surface area contributed by atoms with Crippen LogP contribution >= 0.6 is 11.6 Å². The van der Waals surface area contributed by atoms with Crippen LogP contribution < -0.4 is 15.8 Å². The Kier molecular flexibility index (Phi) is 4.77. The van der Waals surface area contributed by atoms with Crippen LogP contribution in [0.2, 0.25) is 5.02 Å². The molecule has 1 atom stereocenters. The molecule has 0 aromatic heterocycles. The maximum Gasteiger partial charge on any atom is 0.387 e. The first-order valence-electron chi connectivity index (χ1n) is 6.26. The minimum Gasteiger partial charge on any atom is -0.434 e. The Morgan fingerprint density at radius 1 is 1.50 bits per heavy atom. The molecule has 1 aromatic carbocycles. The highest BCUT2D eigenvalue weighted by Crippen LogP contribution is 2.32. The van der Waals surface area contributed by atoms with Gasteiger partial charge in [0.2, 0.25) is 0 Å². The number of nitrogens with two attached hydrogens (primary N) is 1. The van der Waals surface area contributed by atoms with Crippen molar-refractivity contribution >= 4 is 17.5 Å². The molecule has 0 aliphatic heterocycles. The second-order valence-corrected chi connectivity index (χ2v) is 5.11. The van der Waals surface area contributed by atoms with Gasteiger partial charge in [-0.15, -0.1) is 0 Å². The van der Waals surface area contributed by atoms with Crippen molar-refractivity contribution < 1.29 is 18.3 Å². The lowest BCUT2D eigenvalue weighted by molar-refractivity contribution is -0.0501. The Balaban J connectivity index is 2.16. The zero-order valence-electron chi connectivity index (χ0n) is 10.6. The molecule has 0 radical (unpaired) electrons. The fourth-order valence-electron chi connectivity index (χ4n) is 1.99. The van der Waals surface area contributed by atoms with Crippen LogP contribution in [-0.2, 0) is 0 Å². The van der Waals surface area contributed by atoms with Gasteiger partial charge in [-0.2, -0.15) is 8.78 Å². The fraction of sp³-hybridized carbons (Fsp3) is 0.462. The molecule has 0 spiro atoms. The van der Waals surface area contributed by atoms with Crippen LogP contribution in [-0.4, -0.2) is 25.1 Å². The van der Waals surface area contributed by atoms with E-state index in [-0.39, 0.29) is 22.4 Å². The van der Waals surface area contributed by atoms with Gasteiger partial charge in [0, 0.05) is 17.6 Å². The van der Waals surface area contributed by atoms with Gasteiger partial charge in [-0.3, -0.25) is 4.79 Å². The molecular weight excluding hydrogens is 290 g/mol. The summed E-state index contributed by atoms with van der Waals surface area (Å²) in [6, 6.07) is 3.78. The number of ether oxygens (including phenoxy) is 1. The number of alkyl halides is 2. The smallest absolute Gasteiger partial charge is 0.387 e. The van der Waals surface area contributed by atoms with E-state index in [4.69, 9.17) is 17.3 Å². The molecule has 0 saturated heterocycles. The molecule has 1 aromatic rings. The van der Waals surface area contributed by atoms with Crippen molar-refractivity contribution in [1.82, 2.24) is 5.32 Å². The molecule has 7 heteroatoms. The molecule has 1 saturated carbocycles. The van der Waals surface area contributed by atoms with Crippen LogP contribution in [0.3, 0.4) is 0 Å². The summed E-state index contributed by atoms with van der Waals surface area (Å²) in [4.78, 5) is 12.2. The van der Waals surface area contributed by atoms with Gasteiger partial charge >= 0.3 is 6.61 Å². The van der Waals surface area contributed by atoms with Gasteiger partial charge in [-0.05, 0) is 37.0 Å². The molecular formula is C13H15ClF2N2O2. The van der Waals surface area contributed by atoms with Crippen LogP contribution in [0.5, 0.6) is 5.75 Å². The van der Waals surface area contributed by atoms with Crippen molar-refractivity contribution in [2.75, 3.05) is 6.54 Å². The van der Waals surface area contributed by atoms with E-state index in [0.29, 0.717) is 12.5 Å². The standard InChI is InChI=1S/C13H15ClF2N2O2/c14-8-3-4-11(20-13(15)16)9(5-8)12(19)18-10(6-17)7-1-2-7/h3-5,7,10,13H,1-2,6,17H2,(H,18,19). The van der Waals surface area contributed by atoms with Crippen molar-refractivity contribution in [3.8, 4) is 5.75 Å². The second-order valence-electron chi connectivity index (χ2n) is 4.67. The first-order chi connectivity index (χ1) is 9.51. The maximum absolute atomic E-state index is 12.3. The molecule has 1 unspecified atom stereocenters. The molecule has 20 heavy (non-hydrogen) atoms. The fourth-order valence-corrected chi connectivity index (χ4v) is 2.16. The number of carbonyl (C=O) groups is 1. The van der Waals surface area contributed by atoms with E-state index >= 15 is 0 Å².